The molecule has 1 amide bonds. The van der Waals surface area contributed by atoms with Gasteiger partial charge in [0, 0.05) is 17.8 Å². The van der Waals surface area contributed by atoms with E-state index in [9.17, 15) is 4.79 Å². The molecule has 1 atom stereocenters. The monoisotopic (exact) mass is 212 g/mol. The van der Waals surface area contributed by atoms with E-state index in [1.165, 1.54) is 6.20 Å². The zero-order chi connectivity index (χ0) is 10.6. The van der Waals surface area contributed by atoms with Crippen molar-refractivity contribution < 1.29 is 4.79 Å². The first-order valence-electron chi connectivity index (χ1n) is 4.56. The lowest BCUT2D eigenvalue weighted by Gasteiger charge is -2.10. The van der Waals surface area contributed by atoms with E-state index >= 15 is 0 Å². The summed E-state index contributed by atoms with van der Waals surface area (Å²) < 4.78 is 0. The molecule has 1 aromatic rings. The zero-order valence-corrected chi connectivity index (χ0v) is 9.01. The van der Waals surface area contributed by atoms with Gasteiger partial charge in [0.05, 0.1) is 0 Å². The van der Waals surface area contributed by atoms with E-state index in [1.54, 1.807) is 12.1 Å². The number of rotatable bonds is 3. The highest BCUT2D eigenvalue weighted by Gasteiger charge is 2.08. The number of hydrogen-bond acceptors (Lipinski definition) is 2. The second kappa shape index (κ2) is 4.96. The predicted molar refractivity (Wildman–Crippen MR) is 56.5 cm³/mol. The van der Waals surface area contributed by atoms with Crippen molar-refractivity contribution >= 4 is 17.5 Å². The summed E-state index contributed by atoms with van der Waals surface area (Å²) in [7, 11) is 0. The average Bonchev–Trinajstić information content (AvgIpc) is 2.17. The van der Waals surface area contributed by atoms with Crippen LogP contribution in [0.4, 0.5) is 0 Å². The lowest BCUT2D eigenvalue weighted by Crippen LogP contribution is -2.31. The van der Waals surface area contributed by atoms with Gasteiger partial charge in [-0.05, 0) is 25.5 Å². The molecule has 14 heavy (non-hydrogen) atoms. The maximum atomic E-state index is 11.6. The summed E-state index contributed by atoms with van der Waals surface area (Å²) in [6, 6.07) is 3.37. The molecule has 0 radical (unpaired) electrons. The van der Waals surface area contributed by atoms with Crippen molar-refractivity contribution in [2.45, 2.75) is 26.3 Å². The molecule has 0 fully saturated rings. The normalized spacial score (nSPS) is 12.2. The van der Waals surface area contributed by atoms with Gasteiger partial charge < -0.3 is 5.32 Å². The van der Waals surface area contributed by atoms with E-state index in [1.807, 2.05) is 13.8 Å². The van der Waals surface area contributed by atoms with Crippen LogP contribution in [0.25, 0.3) is 0 Å². The Morgan fingerprint density at radius 1 is 1.71 bits per heavy atom. The number of aromatic nitrogens is 1. The third-order valence-electron chi connectivity index (χ3n) is 1.98. The summed E-state index contributed by atoms with van der Waals surface area (Å²) in [5.74, 6) is -0.108. The number of hydrogen-bond donors (Lipinski definition) is 1. The van der Waals surface area contributed by atoms with E-state index in [4.69, 9.17) is 11.6 Å². The highest BCUT2D eigenvalue weighted by molar-refractivity contribution is 6.29. The quantitative estimate of drug-likeness (QED) is 0.781. The van der Waals surface area contributed by atoms with Crippen LogP contribution in [0.1, 0.15) is 30.6 Å². The van der Waals surface area contributed by atoms with E-state index in [2.05, 4.69) is 10.3 Å². The van der Waals surface area contributed by atoms with Crippen LogP contribution >= 0.6 is 11.6 Å². The van der Waals surface area contributed by atoms with Gasteiger partial charge in [0.2, 0.25) is 0 Å². The van der Waals surface area contributed by atoms with Gasteiger partial charge in [-0.1, -0.05) is 18.5 Å². The number of nitrogens with zero attached hydrogens (tertiary/aromatic N) is 1. The molecule has 1 heterocycles. The highest BCUT2D eigenvalue weighted by atomic mass is 35.5. The topological polar surface area (TPSA) is 42.0 Å². The van der Waals surface area contributed by atoms with Crippen molar-refractivity contribution in [2.75, 3.05) is 0 Å². The Labute approximate surface area is 88.5 Å². The number of carbonyl (C=O) groups is 1. The molecule has 76 valence electrons. The smallest absolute Gasteiger partial charge is 0.251 e. The van der Waals surface area contributed by atoms with Gasteiger partial charge in [-0.15, -0.1) is 0 Å². The molecule has 0 saturated carbocycles. The van der Waals surface area contributed by atoms with Crippen molar-refractivity contribution in [3.63, 3.8) is 0 Å². The molecule has 0 aromatic carbocycles. The second-order valence-corrected chi connectivity index (χ2v) is 3.54. The van der Waals surface area contributed by atoms with Crippen LogP contribution in [0, 0.1) is 0 Å². The Balaban J connectivity index is 2.70. The van der Waals surface area contributed by atoms with Gasteiger partial charge in [-0.3, -0.25) is 4.79 Å². The molecule has 1 rings (SSSR count). The number of halogens is 1. The van der Waals surface area contributed by atoms with Crippen LogP contribution in [0.2, 0.25) is 5.15 Å². The summed E-state index contributed by atoms with van der Waals surface area (Å²) in [5.41, 5.74) is 0.547. The summed E-state index contributed by atoms with van der Waals surface area (Å²) in [6.07, 6.45) is 2.43. The van der Waals surface area contributed by atoms with E-state index < -0.39 is 0 Å². The fourth-order valence-corrected chi connectivity index (χ4v) is 1.13. The predicted octanol–water partition coefficient (Wildman–Crippen LogP) is 2.26. The minimum absolute atomic E-state index is 0.108. The zero-order valence-electron chi connectivity index (χ0n) is 8.25. The molecular weight excluding hydrogens is 200 g/mol. The molecule has 3 nitrogen and oxygen atoms in total. The Morgan fingerprint density at radius 2 is 2.43 bits per heavy atom. The van der Waals surface area contributed by atoms with Gasteiger partial charge in [0.15, 0.2) is 0 Å². The fraction of sp³-hybridized carbons (Fsp3) is 0.400. The molecule has 1 aromatic heterocycles. The molecule has 0 spiro atoms. The van der Waals surface area contributed by atoms with Crippen molar-refractivity contribution in [1.29, 1.82) is 0 Å². The van der Waals surface area contributed by atoms with Crippen LogP contribution in [-0.2, 0) is 0 Å². The molecule has 0 bridgehead atoms. The first kappa shape index (κ1) is 11.0. The van der Waals surface area contributed by atoms with Gasteiger partial charge in [-0.2, -0.15) is 0 Å². The molecule has 1 N–H and O–H groups in total. The minimum atomic E-state index is -0.108. The fourth-order valence-electron chi connectivity index (χ4n) is 0.953. The highest BCUT2D eigenvalue weighted by Crippen LogP contribution is 2.07. The molecular formula is C10H13ClN2O. The van der Waals surface area contributed by atoms with Crippen molar-refractivity contribution in [3.8, 4) is 0 Å². The van der Waals surface area contributed by atoms with Gasteiger partial charge >= 0.3 is 0 Å². The molecule has 0 aliphatic heterocycles. The van der Waals surface area contributed by atoms with Gasteiger partial charge in [0.25, 0.3) is 5.91 Å². The summed E-state index contributed by atoms with van der Waals surface area (Å²) in [5, 5.41) is 3.18. The Bertz CT molecular complexity index is 328. The van der Waals surface area contributed by atoms with Crippen LogP contribution < -0.4 is 5.32 Å². The molecule has 0 aliphatic carbocycles. The molecule has 0 aliphatic rings. The lowest BCUT2D eigenvalue weighted by atomic mass is 10.2. The lowest BCUT2D eigenvalue weighted by molar-refractivity contribution is 0.0939. The van der Waals surface area contributed by atoms with Crippen molar-refractivity contribution in [3.05, 3.63) is 29.0 Å². The minimum Gasteiger partial charge on any atom is -0.350 e. The Kier molecular flexibility index (Phi) is 3.89. The first-order valence-corrected chi connectivity index (χ1v) is 4.93. The number of pyridine rings is 1. The molecule has 0 saturated heterocycles. The van der Waals surface area contributed by atoms with E-state index in [-0.39, 0.29) is 11.9 Å². The SMILES string of the molecule is CCC(C)NC(=O)c1ccnc(Cl)c1. The van der Waals surface area contributed by atoms with Crippen molar-refractivity contribution in [1.82, 2.24) is 10.3 Å². The van der Waals surface area contributed by atoms with Crippen LogP contribution in [0.15, 0.2) is 18.3 Å². The molecule has 1 unspecified atom stereocenters. The number of nitrogens with one attached hydrogen (secondary N) is 1. The second-order valence-electron chi connectivity index (χ2n) is 3.15. The third-order valence-corrected chi connectivity index (χ3v) is 2.19. The maximum Gasteiger partial charge on any atom is 0.251 e. The Morgan fingerprint density at radius 3 is 3.00 bits per heavy atom. The molecule has 4 heteroatoms. The van der Waals surface area contributed by atoms with Crippen LogP contribution in [-0.4, -0.2) is 16.9 Å². The number of carbonyl (C=O) groups excluding carboxylic acids is 1. The summed E-state index contributed by atoms with van der Waals surface area (Å²) in [4.78, 5) is 15.4. The maximum absolute atomic E-state index is 11.6. The summed E-state index contributed by atoms with van der Waals surface area (Å²) in [6.45, 7) is 3.98. The van der Waals surface area contributed by atoms with Crippen LogP contribution in [0.3, 0.4) is 0 Å². The average molecular weight is 213 g/mol. The largest absolute Gasteiger partial charge is 0.350 e. The first-order chi connectivity index (χ1) is 6.63. The van der Waals surface area contributed by atoms with Crippen molar-refractivity contribution in [2.24, 2.45) is 0 Å². The van der Waals surface area contributed by atoms with Gasteiger partial charge in [-0.25, -0.2) is 4.98 Å². The third kappa shape index (κ3) is 3.00. The van der Waals surface area contributed by atoms with Crippen LogP contribution in [0.5, 0.6) is 0 Å². The van der Waals surface area contributed by atoms with E-state index in [0.717, 1.165) is 6.42 Å². The van der Waals surface area contributed by atoms with E-state index in [0.29, 0.717) is 10.7 Å². The standard InChI is InChI=1S/C10H13ClN2O/c1-3-7(2)13-10(14)8-4-5-12-9(11)6-8/h4-7H,3H2,1-2H3,(H,13,14). The Hall–Kier alpha value is -1.09. The summed E-state index contributed by atoms with van der Waals surface area (Å²) >= 11 is 5.67. The number of amides is 1. The van der Waals surface area contributed by atoms with Gasteiger partial charge in [0.1, 0.15) is 5.15 Å².